The molecule has 0 atom stereocenters. The van der Waals surface area contributed by atoms with Crippen LogP contribution in [-0.4, -0.2) is 40.5 Å². The molecule has 0 saturated heterocycles. The topological polar surface area (TPSA) is 122 Å². The van der Waals surface area contributed by atoms with Gasteiger partial charge in [0.25, 0.3) is 0 Å². The van der Waals surface area contributed by atoms with Gasteiger partial charge in [0.05, 0.1) is 0 Å². The molecule has 0 fully saturated rings. The van der Waals surface area contributed by atoms with Crippen LogP contribution in [0.1, 0.15) is 25.6 Å². The summed E-state index contributed by atoms with van der Waals surface area (Å²) in [5.41, 5.74) is 0. The summed E-state index contributed by atoms with van der Waals surface area (Å²) in [5.74, 6) is -0.353. The number of nitro groups is 1. The number of nitrogens with zero attached hydrogens (tertiary/aromatic N) is 7. The number of hydrogen-bond donors (Lipinski definition) is 0. The third-order valence-electron chi connectivity index (χ3n) is 2.38. The molecule has 0 amide bonds. The van der Waals surface area contributed by atoms with Gasteiger partial charge < -0.3 is 10.1 Å². The molecule has 2 aromatic rings. The number of aryl methyl sites for hydroxylation is 1. The quantitative estimate of drug-likeness (QED) is 0.587. The van der Waals surface area contributed by atoms with Crippen LogP contribution in [0.4, 0.5) is 10.7 Å². The van der Waals surface area contributed by atoms with E-state index >= 15 is 0 Å². The van der Waals surface area contributed by atoms with E-state index in [4.69, 9.17) is 0 Å². The van der Waals surface area contributed by atoms with Crippen molar-refractivity contribution >= 4 is 12.0 Å². The molecule has 2 rings (SSSR count). The number of carbonyl (C=O) groups is 1. The van der Waals surface area contributed by atoms with Gasteiger partial charge >= 0.3 is 12.0 Å². The third-order valence-corrected chi connectivity index (χ3v) is 2.38. The second kappa shape index (κ2) is 5.33. The monoisotopic (exact) mass is 265 g/mol. The molecule has 0 aliphatic heterocycles. The molecule has 0 spiro atoms. The first-order chi connectivity index (χ1) is 9.13. The number of hydrogen-bond acceptors (Lipinski definition) is 7. The zero-order chi connectivity index (χ0) is 13.8. The maximum absolute atomic E-state index is 12.0. The minimum absolute atomic E-state index is 0.244. The van der Waals surface area contributed by atoms with Gasteiger partial charge in [0, 0.05) is 11.5 Å². The predicted molar refractivity (Wildman–Crippen MR) is 61.5 cm³/mol. The average molecular weight is 265 g/mol. The Morgan fingerprint density at radius 3 is 2.89 bits per heavy atom. The van der Waals surface area contributed by atoms with E-state index in [0.29, 0.717) is 6.42 Å². The summed E-state index contributed by atoms with van der Waals surface area (Å²) in [6, 6.07) is -0.649. The van der Waals surface area contributed by atoms with E-state index in [1.165, 1.54) is 12.7 Å². The number of rotatable bonds is 4. The number of aromatic nitrogens is 6. The van der Waals surface area contributed by atoms with Crippen molar-refractivity contribution in [2.45, 2.75) is 26.2 Å². The smallest absolute Gasteiger partial charge is 0.390 e. The summed E-state index contributed by atoms with van der Waals surface area (Å²) >= 11 is 0. The minimum atomic E-state index is -0.736. The lowest BCUT2D eigenvalue weighted by Gasteiger charge is -1.98. The van der Waals surface area contributed by atoms with Crippen molar-refractivity contribution in [3.8, 4) is 0 Å². The van der Waals surface area contributed by atoms with Gasteiger partial charge in [-0.25, -0.2) is 9.78 Å². The second-order valence-electron chi connectivity index (χ2n) is 3.72. The highest BCUT2D eigenvalue weighted by Gasteiger charge is 2.26. The average Bonchev–Trinajstić information content (AvgIpc) is 3.04. The summed E-state index contributed by atoms with van der Waals surface area (Å²) in [7, 11) is 0. The van der Waals surface area contributed by atoms with Crippen LogP contribution >= 0.6 is 0 Å². The molecule has 10 nitrogen and oxygen atoms in total. The van der Waals surface area contributed by atoms with E-state index in [1.807, 2.05) is 6.92 Å². The number of unbranched alkanes of at least 4 members (excludes halogenated alkanes) is 1. The van der Waals surface area contributed by atoms with Crippen LogP contribution in [0.5, 0.6) is 0 Å². The first-order valence-electron chi connectivity index (χ1n) is 5.63. The third kappa shape index (κ3) is 2.61. The zero-order valence-corrected chi connectivity index (χ0v) is 10.1. The summed E-state index contributed by atoms with van der Waals surface area (Å²) in [4.78, 5) is 29.3. The molecule has 10 heteroatoms. The molecular weight excluding hydrogens is 254 g/mol. The summed E-state index contributed by atoms with van der Waals surface area (Å²) < 4.78 is 1.83. The van der Waals surface area contributed by atoms with E-state index in [9.17, 15) is 14.9 Å². The van der Waals surface area contributed by atoms with E-state index in [2.05, 4.69) is 20.2 Å². The van der Waals surface area contributed by atoms with Crippen molar-refractivity contribution in [1.82, 2.24) is 29.5 Å². The molecule has 0 saturated carbocycles. The summed E-state index contributed by atoms with van der Waals surface area (Å²) in [6.45, 7) is 1.97. The highest BCUT2D eigenvalue weighted by atomic mass is 16.6. The lowest BCUT2D eigenvalue weighted by atomic mass is 10.2. The number of carbonyl (C=O) groups excluding carboxylic acids is 1. The Morgan fingerprint density at radius 2 is 2.32 bits per heavy atom. The zero-order valence-electron chi connectivity index (χ0n) is 10.1. The second-order valence-corrected chi connectivity index (χ2v) is 3.72. The van der Waals surface area contributed by atoms with Gasteiger partial charge in [-0.2, -0.15) is 9.78 Å². The highest BCUT2D eigenvalue weighted by molar-refractivity contribution is 5.77. The fraction of sp³-hybridized carbons (Fsp3) is 0.444. The van der Waals surface area contributed by atoms with Crippen molar-refractivity contribution in [3.05, 3.63) is 28.6 Å². The van der Waals surface area contributed by atoms with E-state index in [0.717, 1.165) is 22.2 Å². The Bertz CT molecular complexity index is 589. The van der Waals surface area contributed by atoms with Crippen molar-refractivity contribution in [3.63, 3.8) is 0 Å². The van der Waals surface area contributed by atoms with E-state index in [-0.39, 0.29) is 5.82 Å². The van der Waals surface area contributed by atoms with Gasteiger partial charge in [-0.05, 0) is 16.3 Å². The van der Waals surface area contributed by atoms with Gasteiger partial charge in [-0.3, -0.25) is 0 Å². The van der Waals surface area contributed by atoms with Crippen LogP contribution in [0.15, 0.2) is 12.7 Å². The van der Waals surface area contributed by atoms with Crippen LogP contribution < -0.4 is 0 Å². The molecule has 0 N–H and O–H groups in total. The van der Waals surface area contributed by atoms with Crippen molar-refractivity contribution in [1.29, 1.82) is 0 Å². The molecule has 0 bridgehead atoms. The van der Waals surface area contributed by atoms with Crippen molar-refractivity contribution in [2.75, 3.05) is 0 Å². The molecule has 2 heterocycles. The standard InChI is InChI=1S/C9H11N7O3/c1-2-3-4-7-12-8(16(18)19)13-15(7)9(17)14-6-10-5-11-14/h5-6H,2-4H2,1H3. The maximum atomic E-state index is 12.0. The van der Waals surface area contributed by atoms with Crippen molar-refractivity contribution < 1.29 is 9.72 Å². The molecule has 100 valence electrons. The molecular formula is C9H11N7O3. The van der Waals surface area contributed by atoms with E-state index in [1.54, 1.807) is 0 Å². The fourth-order valence-corrected chi connectivity index (χ4v) is 1.46. The van der Waals surface area contributed by atoms with Gasteiger partial charge in [-0.15, -0.1) is 0 Å². The Hall–Kier alpha value is -2.65. The molecule has 0 aliphatic rings. The molecule has 0 radical (unpaired) electrons. The largest absolute Gasteiger partial charge is 0.491 e. The molecule has 0 aromatic carbocycles. The lowest BCUT2D eigenvalue weighted by Crippen LogP contribution is -2.23. The predicted octanol–water partition coefficient (Wildman–Crippen LogP) is 0.637. The first kappa shape index (κ1) is 12.8. The maximum Gasteiger partial charge on any atom is 0.491 e. The Kier molecular flexibility index (Phi) is 3.59. The Labute approximate surface area is 107 Å². The molecule has 0 aliphatic carbocycles. The normalized spacial score (nSPS) is 10.6. The minimum Gasteiger partial charge on any atom is -0.390 e. The van der Waals surface area contributed by atoms with Crippen LogP contribution in [0.2, 0.25) is 0 Å². The van der Waals surface area contributed by atoms with Crippen LogP contribution in [0.3, 0.4) is 0 Å². The fourth-order valence-electron chi connectivity index (χ4n) is 1.46. The first-order valence-corrected chi connectivity index (χ1v) is 5.63. The van der Waals surface area contributed by atoms with Crippen molar-refractivity contribution in [2.24, 2.45) is 0 Å². The van der Waals surface area contributed by atoms with Gasteiger partial charge in [0.1, 0.15) is 12.7 Å². The summed E-state index contributed by atoms with van der Waals surface area (Å²) in [5, 5.41) is 17.9. The Balaban J connectivity index is 2.36. The Morgan fingerprint density at radius 1 is 1.53 bits per heavy atom. The van der Waals surface area contributed by atoms with Gasteiger partial charge in [0.2, 0.25) is 5.82 Å². The summed E-state index contributed by atoms with van der Waals surface area (Å²) in [6.07, 6.45) is 4.44. The molecule has 19 heavy (non-hydrogen) atoms. The lowest BCUT2D eigenvalue weighted by molar-refractivity contribution is -0.394. The molecule has 2 aromatic heterocycles. The highest BCUT2D eigenvalue weighted by Crippen LogP contribution is 2.09. The van der Waals surface area contributed by atoms with Gasteiger partial charge in [-0.1, -0.05) is 18.0 Å². The van der Waals surface area contributed by atoms with E-state index < -0.39 is 16.9 Å². The van der Waals surface area contributed by atoms with Gasteiger partial charge in [0.15, 0.2) is 0 Å². The molecule has 0 unspecified atom stereocenters. The SMILES string of the molecule is CCCCc1nc([N+](=O)[O-])nn1C(=O)n1cncn1. The van der Waals surface area contributed by atoms with Crippen LogP contribution in [0, 0.1) is 10.1 Å². The van der Waals surface area contributed by atoms with Crippen LogP contribution in [0.25, 0.3) is 0 Å². The van der Waals surface area contributed by atoms with Crippen LogP contribution in [-0.2, 0) is 6.42 Å².